The molecule has 3 aromatic heterocycles. The molecule has 2 radical (unpaired) electrons. The normalized spacial score (nSPS) is 16.8. The Morgan fingerprint density at radius 1 is 1.14 bits per heavy atom. The van der Waals surface area contributed by atoms with Gasteiger partial charge in [0.05, 0.1) is 26.8 Å². The highest BCUT2D eigenvalue weighted by Crippen LogP contribution is 2.32. The van der Waals surface area contributed by atoms with Crippen LogP contribution in [0.15, 0.2) is 36.8 Å². The third-order valence-electron chi connectivity index (χ3n) is 7.28. The Balaban J connectivity index is 0.000000356. The van der Waals surface area contributed by atoms with E-state index in [0.717, 1.165) is 35.8 Å². The molecule has 3 aromatic rings. The molecule has 5 heterocycles. The van der Waals surface area contributed by atoms with Crippen LogP contribution >= 0.6 is 0 Å². The molecule has 1 fully saturated rings. The van der Waals surface area contributed by atoms with Gasteiger partial charge in [-0.25, -0.2) is 19.6 Å². The van der Waals surface area contributed by atoms with Crippen molar-refractivity contribution >= 4 is 30.8 Å². The smallest absolute Gasteiger partial charge is 0.222 e. The van der Waals surface area contributed by atoms with Crippen LogP contribution in [0.5, 0.6) is 11.6 Å². The van der Waals surface area contributed by atoms with Gasteiger partial charge >= 0.3 is 0 Å². The molecule has 10 nitrogen and oxygen atoms in total. The largest absolute Gasteiger partial charge is 0.490 e. The third kappa shape index (κ3) is 9.64. The van der Waals surface area contributed by atoms with Crippen molar-refractivity contribution in [3.63, 3.8) is 0 Å². The fourth-order valence-corrected chi connectivity index (χ4v) is 4.94. The van der Waals surface area contributed by atoms with Crippen molar-refractivity contribution in [3.8, 4) is 23.0 Å². The van der Waals surface area contributed by atoms with Crippen LogP contribution in [0.2, 0.25) is 6.82 Å². The van der Waals surface area contributed by atoms with Gasteiger partial charge in [-0.2, -0.15) is 5.10 Å². The second kappa shape index (κ2) is 17.4. The van der Waals surface area contributed by atoms with Gasteiger partial charge in [0, 0.05) is 62.0 Å². The lowest BCUT2D eigenvalue weighted by molar-refractivity contribution is 0.0632. The summed E-state index contributed by atoms with van der Waals surface area (Å²) in [5.74, 6) is 3.93. The van der Waals surface area contributed by atoms with Gasteiger partial charge in [0.2, 0.25) is 5.88 Å². The van der Waals surface area contributed by atoms with Gasteiger partial charge in [0.1, 0.15) is 22.9 Å². The highest BCUT2D eigenvalue weighted by molar-refractivity contribution is 6.21. The van der Waals surface area contributed by atoms with E-state index in [4.69, 9.17) is 19.6 Å². The Morgan fingerprint density at radius 3 is 2.60 bits per heavy atom. The Bertz CT molecular complexity index is 1340. The molecule has 4 bridgehead atoms. The number of pyridine rings is 1. The van der Waals surface area contributed by atoms with Crippen LogP contribution in [-0.2, 0) is 11.8 Å². The quantitative estimate of drug-likeness (QED) is 0.247. The fourth-order valence-electron chi connectivity index (χ4n) is 4.94. The van der Waals surface area contributed by atoms with E-state index >= 15 is 0 Å². The number of ether oxygens (including phenoxy) is 3. The summed E-state index contributed by atoms with van der Waals surface area (Å²) in [5.41, 5.74) is 2.73. The summed E-state index contributed by atoms with van der Waals surface area (Å²) in [6.07, 6.45) is 14.3. The highest BCUT2D eigenvalue weighted by Gasteiger charge is 2.19. The van der Waals surface area contributed by atoms with Gasteiger partial charge in [-0.3, -0.25) is 0 Å². The first-order valence-corrected chi connectivity index (χ1v) is 15.2. The SMILES string of the molecule is C/C=C(\C(C)=N)c1cnc2cc1O[C@@H](C)CCOc1c(cnn1C)-c1nccc(n1)N2.CCCCC1CCOCC1.[B]C. The van der Waals surface area contributed by atoms with Crippen LogP contribution in [-0.4, -0.2) is 64.2 Å². The molecule has 0 aliphatic carbocycles. The lowest BCUT2D eigenvalue weighted by Crippen LogP contribution is -2.18. The van der Waals surface area contributed by atoms with E-state index in [1.54, 1.807) is 36.3 Å². The van der Waals surface area contributed by atoms with Gasteiger partial charge in [-0.1, -0.05) is 39.1 Å². The van der Waals surface area contributed by atoms with Crippen molar-refractivity contribution in [1.29, 1.82) is 5.41 Å². The van der Waals surface area contributed by atoms with Crippen LogP contribution < -0.4 is 14.8 Å². The molecule has 0 unspecified atom stereocenters. The Morgan fingerprint density at radius 2 is 1.91 bits per heavy atom. The second-order valence-electron chi connectivity index (χ2n) is 10.5. The average Bonchev–Trinajstić information content (AvgIpc) is 3.39. The zero-order valence-electron chi connectivity index (χ0n) is 26.5. The van der Waals surface area contributed by atoms with Gasteiger partial charge in [-0.05, 0) is 45.6 Å². The monoisotopic (exact) mass is 587 g/mol. The zero-order chi connectivity index (χ0) is 31.2. The maximum Gasteiger partial charge on any atom is 0.222 e. The van der Waals surface area contributed by atoms with E-state index < -0.39 is 0 Å². The van der Waals surface area contributed by atoms with E-state index in [0.29, 0.717) is 47.8 Å². The van der Waals surface area contributed by atoms with Crippen LogP contribution in [0.25, 0.3) is 17.0 Å². The number of nitrogens with zero attached hydrogens (tertiary/aromatic N) is 5. The van der Waals surface area contributed by atoms with Crippen LogP contribution in [0.3, 0.4) is 0 Å². The number of anilines is 2. The molecule has 2 aliphatic heterocycles. The maximum atomic E-state index is 8.10. The number of fused-ring (bicyclic) bond motifs is 6. The summed E-state index contributed by atoms with van der Waals surface area (Å²) in [4.78, 5) is 13.5. The zero-order valence-corrected chi connectivity index (χ0v) is 26.5. The predicted molar refractivity (Wildman–Crippen MR) is 174 cm³/mol. The second-order valence-corrected chi connectivity index (χ2v) is 10.5. The number of rotatable bonds is 5. The molecule has 1 saturated heterocycles. The topological polar surface area (TPSA) is 120 Å². The molecule has 0 saturated carbocycles. The molecule has 1 atom stereocenters. The average molecular weight is 588 g/mol. The standard InChI is InChI=1S/C22H25N7O2.C9H18O.CH3B/c1-5-15(14(3)23)16-11-25-20-10-18(16)31-13(2)7-9-30-22-17(12-26-29(22)4)21-24-8-6-19(27-20)28-21;1-2-3-4-9-5-7-10-8-6-9;1-2/h5-6,8,10-13,23H,7,9H2,1-4H3,(H,24,25,27,28);9H,2-8H2,1H3;1H3/b15-5+,23-14?;;/t13-;;/m0../s1. The van der Waals surface area contributed by atoms with E-state index in [2.05, 4.69) is 40.1 Å². The molecular formula is C32H46BN7O3. The molecule has 0 amide bonds. The number of aromatic nitrogens is 5. The number of aryl methyl sites for hydroxylation is 1. The molecule has 2 aliphatic rings. The van der Waals surface area contributed by atoms with Gasteiger partial charge < -0.3 is 24.9 Å². The number of allylic oxidation sites excluding steroid dienone is 2. The molecule has 2 N–H and O–H groups in total. The molecule has 0 aromatic carbocycles. The highest BCUT2D eigenvalue weighted by atomic mass is 16.5. The van der Waals surface area contributed by atoms with Gasteiger partial charge in [0.15, 0.2) is 5.82 Å². The molecule has 11 heteroatoms. The van der Waals surface area contributed by atoms with Crippen molar-refractivity contribution in [1.82, 2.24) is 24.7 Å². The first-order valence-electron chi connectivity index (χ1n) is 15.2. The summed E-state index contributed by atoms with van der Waals surface area (Å²) >= 11 is 0. The van der Waals surface area contributed by atoms with Gasteiger partial charge in [0.25, 0.3) is 0 Å². The summed E-state index contributed by atoms with van der Waals surface area (Å²) in [6, 6.07) is 3.60. The summed E-state index contributed by atoms with van der Waals surface area (Å²) in [6.45, 7) is 11.9. The lowest BCUT2D eigenvalue weighted by atomic mass is 9.94. The van der Waals surface area contributed by atoms with Crippen LogP contribution in [0.1, 0.15) is 71.8 Å². The minimum Gasteiger partial charge on any atom is -0.490 e. The van der Waals surface area contributed by atoms with Crippen LogP contribution in [0, 0.1) is 11.3 Å². The number of nitrogens with one attached hydrogen (secondary N) is 2. The fraction of sp³-hybridized carbons (Fsp3) is 0.531. The molecule has 230 valence electrons. The maximum absolute atomic E-state index is 8.10. The Labute approximate surface area is 257 Å². The van der Waals surface area contributed by atoms with Crippen molar-refractivity contribution in [2.75, 3.05) is 25.1 Å². The van der Waals surface area contributed by atoms with Crippen molar-refractivity contribution < 1.29 is 14.2 Å². The molecule has 43 heavy (non-hydrogen) atoms. The summed E-state index contributed by atoms with van der Waals surface area (Å²) < 4.78 is 19.2. The van der Waals surface area contributed by atoms with E-state index in [1.807, 2.05) is 33.0 Å². The lowest BCUT2D eigenvalue weighted by Gasteiger charge is -2.21. The van der Waals surface area contributed by atoms with E-state index in [9.17, 15) is 0 Å². The minimum atomic E-state index is -0.119. The number of unbranched alkanes of at least 4 members (excludes halogenated alkanes) is 1. The van der Waals surface area contributed by atoms with Gasteiger partial charge in [-0.15, -0.1) is 0 Å². The molecule has 0 spiro atoms. The Hall–Kier alpha value is -3.73. The van der Waals surface area contributed by atoms with Crippen LogP contribution in [0.4, 0.5) is 11.6 Å². The third-order valence-corrected chi connectivity index (χ3v) is 7.28. The Kier molecular flexibility index (Phi) is 13.7. The first-order chi connectivity index (χ1) is 20.9. The number of hydrogen-bond donors (Lipinski definition) is 2. The molecule has 5 rings (SSSR count). The predicted octanol–water partition coefficient (Wildman–Crippen LogP) is 6.81. The molecular weight excluding hydrogens is 541 g/mol. The van der Waals surface area contributed by atoms with E-state index in [-0.39, 0.29) is 6.10 Å². The van der Waals surface area contributed by atoms with E-state index in [1.165, 1.54) is 38.9 Å². The minimum absolute atomic E-state index is 0.119. The first kappa shape index (κ1) is 33.8. The summed E-state index contributed by atoms with van der Waals surface area (Å²) in [5, 5.41) is 15.6. The van der Waals surface area contributed by atoms with Crippen molar-refractivity contribution in [2.45, 2.75) is 79.1 Å². The number of hydrogen-bond acceptors (Lipinski definition) is 9. The van der Waals surface area contributed by atoms with Crippen molar-refractivity contribution in [2.24, 2.45) is 13.0 Å². The van der Waals surface area contributed by atoms with Crippen molar-refractivity contribution in [3.05, 3.63) is 42.4 Å². The summed E-state index contributed by atoms with van der Waals surface area (Å²) in [7, 11) is 6.32.